The maximum Gasteiger partial charge on any atom is 0.407 e. The van der Waals surface area contributed by atoms with Gasteiger partial charge in [0, 0.05) is 69.3 Å². The fourth-order valence-corrected chi connectivity index (χ4v) is 8.26. The molecule has 28 heteroatoms. The molecule has 0 spiro atoms. The van der Waals surface area contributed by atoms with Crippen LogP contribution in [0.5, 0.6) is 17.2 Å². The van der Waals surface area contributed by atoms with E-state index in [0.29, 0.717) is 13.2 Å². The second-order valence-electron chi connectivity index (χ2n) is 17.4. The molecule has 4 unspecified atom stereocenters. The molecule has 6 atom stereocenters. The number of alkyl carbamates (subject to hydrolysis) is 2. The zero-order valence-electron chi connectivity index (χ0n) is 42.4. The first-order valence-corrected chi connectivity index (χ1v) is 24.0. The number of phenolic OH excluding ortho intramolecular Hbond substituents is 2. The fourth-order valence-electron chi connectivity index (χ4n) is 8.26. The molecule has 0 saturated carbocycles. The number of fused-ring (bicyclic) bond motifs is 3. The lowest BCUT2D eigenvalue weighted by molar-refractivity contribution is -0.247. The Labute approximate surface area is 435 Å². The van der Waals surface area contributed by atoms with Gasteiger partial charge in [-0.2, -0.15) is 0 Å². The van der Waals surface area contributed by atoms with Gasteiger partial charge in [0.05, 0.1) is 88.3 Å². The van der Waals surface area contributed by atoms with Crippen LogP contribution in [0.4, 0.5) is 9.59 Å². The topological polar surface area (TPSA) is 384 Å². The highest BCUT2D eigenvalue weighted by Crippen LogP contribution is 2.52. The minimum Gasteiger partial charge on any atom is -0.507 e. The molecule has 1 saturated heterocycles. The number of imide groups is 1. The number of amides is 4. The Morgan fingerprint density at radius 3 is 1.88 bits per heavy atom. The van der Waals surface area contributed by atoms with Crippen LogP contribution in [0.15, 0.2) is 18.2 Å². The zero-order valence-corrected chi connectivity index (χ0v) is 42.4. The standard InChI is InChI=1S/C48H65N5O23/c1-26-40(57)29(49)20-35(75-26)76-31-22-48(65,21-28-37(31)44(61)39-38(42(28)59)41(58)27-6-5-7-30(68-4)36(27)43(39)60)45(62)52-32(54)25-53(8-10-71-33(55)23-50-46(63)73-18-16-69-14-12-66-2)9-11-72-34(56)24-51-47(64)74-19-17-70-15-13-67-3/h5-7,26,29,31,35,40,57,59,61,65H,8-25,49H2,1-4H3,(H,50,63)(H,51,64)(H,52,54,62)/t26?,29?,31-,35?,40?,48-/m1/s1. The van der Waals surface area contributed by atoms with Crippen LogP contribution < -0.4 is 26.4 Å². The Morgan fingerprint density at radius 1 is 0.763 bits per heavy atom. The number of nitrogens with zero attached hydrogens (tertiary/aromatic N) is 1. The lowest BCUT2D eigenvalue weighted by Gasteiger charge is -2.42. The lowest BCUT2D eigenvalue weighted by atomic mass is 9.72. The largest absolute Gasteiger partial charge is 0.507 e. The third-order valence-corrected chi connectivity index (χ3v) is 12.1. The molecule has 5 rings (SSSR count). The van der Waals surface area contributed by atoms with Crippen LogP contribution in [-0.2, 0) is 73.0 Å². The van der Waals surface area contributed by atoms with Gasteiger partial charge < -0.3 is 88.9 Å². The number of aliphatic hydroxyl groups excluding tert-OH is 1. The van der Waals surface area contributed by atoms with Crippen molar-refractivity contribution in [2.45, 2.75) is 62.4 Å². The molecule has 1 aliphatic heterocycles. The molecule has 9 N–H and O–H groups in total. The molecule has 2 aromatic carbocycles. The first-order valence-electron chi connectivity index (χ1n) is 24.0. The van der Waals surface area contributed by atoms with E-state index in [1.165, 1.54) is 51.4 Å². The molecule has 2 aliphatic carbocycles. The summed E-state index contributed by atoms with van der Waals surface area (Å²) in [5.41, 5.74) is 1.25. The van der Waals surface area contributed by atoms with Gasteiger partial charge in [0.2, 0.25) is 11.7 Å². The molecule has 3 aliphatic rings. The van der Waals surface area contributed by atoms with Crippen LogP contribution in [-0.4, -0.2) is 223 Å². The predicted molar refractivity (Wildman–Crippen MR) is 255 cm³/mol. The van der Waals surface area contributed by atoms with Gasteiger partial charge in [-0.1, -0.05) is 12.1 Å². The summed E-state index contributed by atoms with van der Waals surface area (Å²) in [4.78, 5) is 106. The highest BCUT2D eigenvalue weighted by molar-refractivity contribution is 6.31. The first kappa shape index (κ1) is 60.3. The molecular weight excluding hydrogens is 1010 g/mol. The Balaban J connectivity index is 1.30. The molecular formula is C48H65N5O23. The minimum atomic E-state index is -2.66. The van der Waals surface area contributed by atoms with Gasteiger partial charge >= 0.3 is 24.1 Å². The molecule has 1 fully saturated rings. The van der Waals surface area contributed by atoms with Gasteiger partial charge in [-0.3, -0.25) is 39.0 Å². The number of nitrogens with one attached hydrogen (secondary N) is 3. The van der Waals surface area contributed by atoms with E-state index >= 15 is 0 Å². The Morgan fingerprint density at radius 2 is 1.33 bits per heavy atom. The number of carbonyl (C=O) groups excluding carboxylic acids is 8. The van der Waals surface area contributed by atoms with Crippen LogP contribution >= 0.6 is 0 Å². The highest BCUT2D eigenvalue weighted by Gasteiger charge is 2.51. The van der Waals surface area contributed by atoms with Gasteiger partial charge in [-0.15, -0.1) is 0 Å². The van der Waals surface area contributed by atoms with Crippen molar-refractivity contribution in [1.82, 2.24) is 20.9 Å². The Bertz CT molecular complexity index is 2340. The monoisotopic (exact) mass is 1080 g/mol. The van der Waals surface area contributed by atoms with Crippen LogP contribution in [0.2, 0.25) is 0 Å². The minimum absolute atomic E-state index is 0.00619. The van der Waals surface area contributed by atoms with Gasteiger partial charge in [-0.05, 0) is 13.0 Å². The van der Waals surface area contributed by atoms with Crippen molar-refractivity contribution < 1.29 is 111 Å². The number of hydrogen-bond donors (Lipinski definition) is 8. The summed E-state index contributed by atoms with van der Waals surface area (Å²) < 4.78 is 57.7. The molecule has 1 heterocycles. The lowest BCUT2D eigenvalue weighted by Crippen LogP contribution is -2.55. The van der Waals surface area contributed by atoms with Crippen molar-refractivity contribution in [2.75, 3.05) is 120 Å². The summed E-state index contributed by atoms with van der Waals surface area (Å²) in [5.74, 6) is -7.67. The van der Waals surface area contributed by atoms with Gasteiger partial charge in [-0.25, -0.2) is 9.59 Å². The Hall–Kier alpha value is -6.60. The van der Waals surface area contributed by atoms with Gasteiger partial charge in [0.1, 0.15) is 56.8 Å². The number of methoxy groups -OCH3 is 3. The van der Waals surface area contributed by atoms with E-state index in [0.717, 1.165) is 0 Å². The van der Waals surface area contributed by atoms with E-state index in [4.69, 9.17) is 57.8 Å². The van der Waals surface area contributed by atoms with Crippen molar-refractivity contribution in [3.05, 3.63) is 51.6 Å². The quantitative estimate of drug-likeness (QED) is 0.0173. The number of aromatic hydroxyl groups is 2. The molecule has 28 nitrogen and oxygen atoms in total. The number of benzene rings is 2. The second kappa shape index (κ2) is 29.1. The number of carbonyl (C=O) groups is 8. The molecule has 76 heavy (non-hydrogen) atoms. The summed E-state index contributed by atoms with van der Waals surface area (Å²) in [5, 5.41) is 53.0. The first-order chi connectivity index (χ1) is 36.3. The maximum absolute atomic E-state index is 14.2. The van der Waals surface area contributed by atoms with E-state index in [9.17, 15) is 58.8 Å². The molecule has 420 valence electrons. The number of nitrogens with two attached hydrogens (primary N) is 1. The van der Waals surface area contributed by atoms with E-state index in [-0.39, 0.29) is 87.2 Å². The van der Waals surface area contributed by atoms with Crippen LogP contribution in [0.3, 0.4) is 0 Å². The van der Waals surface area contributed by atoms with Gasteiger partial charge in [0.25, 0.3) is 5.91 Å². The average Bonchev–Trinajstić information content (AvgIpc) is 3.41. The number of ketones is 2. The summed E-state index contributed by atoms with van der Waals surface area (Å²) in [6.45, 7) is -0.513. The zero-order chi connectivity index (χ0) is 55.5. The summed E-state index contributed by atoms with van der Waals surface area (Å²) in [6.07, 6.45) is -8.46. The maximum atomic E-state index is 14.2. The molecule has 2 aromatic rings. The third-order valence-electron chi connectivity index (χ3n) is 12.1. The van der Waals surface area contributed by atoms with Crippen LogP contribution in [0.25, 0.3) is 0 Å². The summed E-state index contributed by atoms with van der Waals surface area (Å²) in [7, 11) is 4.26. The number of aliphatic hydroxyl groups is 2. The number of hydrogen-bond acceptors (Lipinski definition) is 25. The van der Waals surface area contributed by atoms with E-state index < -0.39 is 152 Å². The molecule has 4 amide bonds. The van der Waals surface area contributed by atoms with Crippen LogP contribution in [0.1, 0.15) is 68.8 Å². The predicted octanol–water partition coefficient (Wildman–Crippen LogP) is -1.75. The van der Waals surface area contributed by atoms with Crippen molar-refractivity contribution in [3.63, 3.8) is 0 Å². The summed E-state index contributed by atoms with van der Waals surface area (Å²) >= 11 is 0. The van der Waals surface area contributed by atoms with Crippen molar-refractivity contribution in [3.8, 4) is 17.2 Å². The third kappa shape index (κ3) is 16.2. The normalized spacial score (nSPS) is 20.6. The molecule has 0 bridgehead atoms. The average molecular weight is 1080 g/mol. The van der Waals surface area contributed by atoms with Gasteiger partial charge in [0.15, 0.2) is 17.7 Å². The van der Waals surface area contributed by atoms with Crippen molar-refractivity contribution in [2.24, 2.45) is 5.73 Å². The van der Waals surface area contributed by atoms with Crippen molar-refractivity contribution >= 4 is 47.5 Å². The molecule has 0 radical (unpaired) electrons. The second-order valence-corrected chi connectivity index (χ2v) is 17.4. The smallest absolute Gasteiger partial charge is 0.407 e. The van der Waals surface area contributed by atoms with E-state index in [1.54, 1.807) is 0 Å². The van der Waals surface area contributed by atoms with E-state index in [1.807, 2.05) is 0 Å². The number of rotatable bonds is 28. The van der Waals surface area contributed by atoms with Crippen molar-refractivity contribution in [1.29, 1.82) is 0 Å². The number of esters is 2. The fraction of sp³-hybridized carbons (Fsp3) is 0.583. The van der Waals surface area contributed by atoms with Crippen LogP contribution in [0, 0.1) is 0 Å². The summed E-state index contributed by atoms with van der Waals surface area (Å²) in [6, 6.07) is 3.30. The SMILES string of the molecule is COCCOCCOC(=O)NCC(=O)OCCN(CCOC(=O)CNC(=O)OCCOCCOC)CC(=O)NC(=O)[C@@]1(O)Cc2c(O)c3c(c(O)c2[C@H](OC2CC(N)C(O)C(C)O2)C1)C(=O)c1c(OC)cccc1C3=O. The molecule has 0 aromatic heterocycles. The Kier molecular flexibility index (Phi) is 23.0. The highest BCUT2D eigenvalue weighted by atomic mass is 16.7. The number of ether oxygens (including phenoxy) is 11. The number of phenols is 2. The van der Waals surface area contributed by atoms with E-state index in [2.05, 4.69) is 16.0 Å².